The minimum atomic E-state index is 0.376. The number of aromatic nitrogens is 4. The molecule has 0 bridgehead atoms. The van der Waals surface area contributed by atoms with Gasteiger partial charge < -0.3 is 9.30 Å². The van der Waals surface area contributed by atoms with E-state index in [2.05, 4.69) is 21.5 Å². The zero-order valence-electron chi connectivity index (χ0n) is 13.1. The van der Waals surface area contributed by atoms with Gasteiger partial charge >= 0.3 is 0 Å². The van der Waals surface area contributed by atoms with E-state index in [1.54, 1.807) is 0 Å². The Labute approximate surface area is 130 Å². The molecule has 0 spiro atoms. The van der Waals surface area contributed by atoms with Gasteiger partial charge in [-0.3, -0.25) is 9.58 Å². The molecule has 22 heavy (non-hydrogen) atoms. The summed E-state index contributed by atoms with van der Waals surface area (Å²) in [6.45, 7) is 8.14. The van der Waals surface area contributed by atoms with Crippen molar-refractivity contribution < 1.29 is 4.74 Å². The van der Waals surface area contributed by atoms with Crippen LogP contribution in [-0.2, 0) is 17.8 Å². The van der Waals surface area contributed by atoms with Crippen molar-refractivity contribution in [2.24, 2.45) is 5.92 Å². The molecule has 6 heteroatoms. The minimum Gasteiger partial charge on any atom is -0.381 e. The standard InChI is InChI=1S/C16H23N5O/c1-13-16-17-9-15(11-20-5-2-4-18-20)21(16)7-6-19(13)10-14-3-8-22-12-14/h2,4-5,9,13-14H,3,6-8,10-12H2,1H3/t13-,14-/m1/s1. The molecule has 0 amide bonds. The first-order valence-electron chi connectivity index (χ1n) is 8.15. The summed E-state index contributed by atoms with van der Waals surface area (Å²) in [7, 11) is 0. The van der Waals surface area contributed by atoms with Gasteiger partial charge in [0.05, 0.1) is 31.1 Å². The Bertz CT molecular complexity index is 615. The smallest absolute Gasteiger partial charge is 0.126 e. The molecule has 4 heterocycles. The van der Waals surface area contributed by atoms with Gasteiger partial charge in [-0.1, -0.05) is 0 Å². The largest absolute Gasteiger partial charge is 0.381 e. The van der Waals surface area contributed by atoms with Crippen LogP contribution in [0.2, 0.25) is 0 Å². The molecule has 4 rings (SSSR count). The Morgan fingerprint density at radius 3 is 3.09 bits per heavy atom. The van der Waals surface area contributed by atoms with E-state index in [0.717, 1.165) is 39.4 Å². The second kappa shape index (κ2) is 5.85. The Morgan fingerprint density at radius 1 is 1.36 bits per heavy atom. The third kappa shape index (κ3) is 2.57. The first-order valence-corrected chi connectivity index (χ1v) is 8.15. The average Bonchev–Trinajstić information content (AvgIpc) is 3.25. The molecule has 0 aliphatic carbocycles. The van der Waals surface area contributed by atoms with Gasteiger partial charge in [-0.05, 0) is 25.3 Å². The second-order valence-corrected chi connectivity index (χ2v) is 6.36. The van der Waals surface area contributed by atoms with Crippen LogP contribution in [0.25, 0.3) is 0 Å². The summed E-state index contributed by atoms with van der Waals surface area (Å²) < 4.78 is 9.83. The van der Waals surface area contributed by atoms with E-state index in [9.17, 15) is 0 Å². The fourth-order valence-electron chi connectivity index (χ4n) is 3.60. The van der Waals surface area contributed by atoms with Crippen LogP contribution in [0.5, 0.6) is 0 Å². The average molecular weight is 301 g/mol. The summed E-state index contributed by atoms with van der Waals surface area (Å²) in [5.74, 6) is 1.87. The van der Waals surface area contributed by atoms with Crippen LogP contribution in [0.15, 0.2) is 24.7 Å². The molecule has 0 unspecified atom stereocenters. The van der Waals surface area contributed by atoms with Crippen LogP contribution < -0.4 is 0 Å². The predicted molar refractivity (Wildman–Crippen MR) is 82.5 cm³/mol. The highest BCUT2D eigenvalue weighted by Crippen LogP contribution is 2.27. The van der Waals surface area contributed by atoms with Crippen LogP contribution in [-0.4, -0.2) is 50.5 Å². The van der Waals surface area contributed by atoms with E-state index < -0.39 is 0 Å². The van der Waals surface area contributed by atoms with Crippen molar-refractivity contribution in [1.82, 2.24) is 24.2 Å². The summed E-state index contributed by atoms with van der Waals surface area (Å²) in [5.41, 5.74) is 1.24. The van der Waals surface area contributed by atoms with Crippen LogP contribution in [0.3, 0.4) is 0 Å². The lowest BCUT2D eigenvalue weighted by molar-refractivity contribution is 0.124. The zero-order valence-corrected chi connectivity index (χ0v) is 13.1. The Kier molecular flexibility index (Phi) is 3.72. The highest BCUT2D eigenvalue weighted by atomic mass is 16.5. The van der Waals surface area contributed by atoms with E-state index in [-0.39, 0.29) is 0 Å². The Balaban J connectivity index is 1.49. The van der Waals surface area contributed by atoms with Gasteiger partial charge in [-0.15, -0.1) is 0 Å². The molecule has 2 aliphatic heterocycles. The third-order valence-corrected chi connectivity index (χ3v) is 4.90. The first-order chi connectivity index (χ1) is 10.8. The molecule has 118 valence electrons. The number of hydrogen-bond donors (Lipinski definition) is 0. The SMILES string of the molecule is C[C@@H]1c2ncc(Cn3cccn3)n2CCN1C[C@H]1CCOC1. The van der Waals surface area contributed by atoms with Crippen LogP contribution >= 0.6 is 0 Å². The summed E-state index contributed by atoms with van der Waals surface area (Å²) in [5, 5.41) is 4.29. The van der Waals surface area contributed by atoms with Crippen molar-refractivity contribution in [1.29, 1.82) is 0 Å². The number of imidazole rings is 1. The topological polar surface area (TPSA) is 48.1 Å². The maximum atomic E-state index is 5.51. The number of rotatable bonds is 4. The minimum absolute atomic E-state index is 0.376. The van der Waals surface area contributed by atoms with Crippen molar-refractivity contribution in [2.45, 2.75) is 32.5 Å². The summed E-state index contributed by atoms with van der Waals surface area (Å²) in [6, 6.07) is 2.34. The van der Waals surface area contributed by atoms with Crippen LogP contribution in [0, 0.1) is 5.92 Å². The first kappa shape index (κ1) is 14.0. The van der Waals surface area contributed by atoms with E-state index in [4.69, 9.17) is 9.72 Å². The Morgan fingerprint density at radius 2 is 2.32 bits per heavy atom. The highest BCUT2D eigenvalue weighted by molar-refractivity contribution is 5.11. The van der Waals surface area contributed by atoms with Crippen molar-refractivity contribution in [3.63, 3.8) is 0 Å². The van der Waals surface area contributed by atoms with Crippen molar-refractivity contribution in [3.05, 3.63) is 36.2 Å². The fraction of sp³-hybridized carbons (Fsp3) is 0.625. The molecule has 0 saturated carbocycles. The molecular weight excluding hydrogens is 278 g/mol. The molecule has 2 aliphatic rings. The van der Waals surface area contributed by atoms with E-state index >= 15 is 0 Å². The third-order valence-electron chi connectivity index (χ3n) is 4.90. The molecule has 1 saturated heterocycles. The number of nitrogens with zero attached hydrogens (tertiary/aromatic N) is 5. The maximum absolute atomic E-state index is 5.51. The second-order valence-electron chi connectivity index (χ2n) is 6.36. The van der Waals surface area contributed by atoms with Gasteiger partial charge in [0.25, 0.3) is 0 Å². The zero-order chi connectivity index (χ0) is 14.9. The number of fused-ring (bicyclic) bond motifs is 1. The molecule has 0 aromatic carbocycles. The highest BCUT2D eigenvalue weighted by Gasteiger charge is 2.29. The van der Waals surface area contributed by atoms with E-state index in [1.807, 2.05) is 29.3 Å². The van der Waals surface area contributed by atoms with Gasteiger partial charge in [0.2, 0.25) is 0 Å². The molecule has 2 aromatic heterocycles. The van der Waals surface area contributed by atoms with Gasteiger partial charge in [-0.25, -0.2) is 4.98 Å². The van der Waals surface area contributed by atoms with Gasteiger partial charge in [-0.2, -0.15) is 5.10 Å². The monoisotopic (exact) mass is 301 g/mol. The molecule has 0 radical (unpaired) electrons. The van der Waals surface area contributed by atoms with Crippen molar-refractivity contribution in [2.75, 3.05) is 26.3 Å². The number of ether oxygens (including phenoxy) is 1. The lowest BCUT2D eigenvalue weighted by Gasteiger charge is -2.35. The van der Waals surface area contributed by atoms with Crippen LogP contribution in [0.4, 0.5) is 0 Å². The Hall–Kier alpha value is -1.66. The van der Waals surface area contributed by atoms with Crippen molar-refractivity contribution in [3.8, 4) is 0 Å². The molecule has 6 nitrogen and oxygen atoms in total. The van der Waals surface area contributed by atoms with Gasteiger partial charge in [0.1, 0.15) is 5.82 Å². The molecule has 0 N–H and O–H groups in total. The molecule has 2 atom stereocenters. The molecule has 1 fully saturated rings. The maximum Gasteiger partial charge on any atom is 0.126 e. The number of hydrogen-bond acceptors (Lipinski definition) is 4. The molecular formula is C16H23N5O. The van der Waals surface area contributed by atoms with E-state index in [0.29, 0.717) is 12.0 Å². The normalized spacial score (nSPS) is 25.5. The fourth-order valence-corrected chi connectivity index (χ4v) is 3.60. The summed E-state index contributed by atoms with van der Waals surface area (Å²) in [6.07, 6.45) is 7.03. The quantitative estimate of drug-likeness (QED) is 0.859. The van der Waals surface area contributed by atoms with Crippen LogP contribution in [0.1, 0.15) is 30.9 Å². The van der Waals surface area contributed by atoms with Gasteiger partial charge in [0, 0.05) is 38.6 Å². The molecule has 2 aromatic rings. The summed E-state index contributed by atoms with van der Waals surface area (Å²) >= 11 is 0. The van der Waals surface area contributed by atoms with Gasteiger partial charge in [0.15, 0.2) is 0 Å². The van der Waals surface area contributed by atoms with E-state index in [1.165, 1.54) is 17.9 Å². The lowest BCUT2D eigenvalue weighted by atomic mass is 10.1. The predicted octanol–water partition coefficient (Wildman–Crippen LogP) is 1.54. The van der Waals surface area contributed by atoms with Crippen molar-refractivity contribution >= 4 is 0 Å². The lowest BCUT2D eigenvalue weighted by Crippen LogP contribution is -2.40. The summed E-state index contributed by atoms with van der Waals surface area (Å²) in [4.78, 5) is 7.25.